The van der Waals surface area contributed by atoms with E-state index in [-0.39, 0.29) is 0 Å². The molecule has 1 aliphatic rings. The van der Waals surface area contributed by atoms with E-state index in [1.54, 1.807) is 24.0 Å². The van der Waals surface area contributed by atoms with Gasteiger partial charge < -0.3 is 10.6 Å². The van der Waals surface area contributed by atoms with Crippen molar-refractivity contribution in [1.82, 2.24) is 4.98 Å². The molecule has 0 unspecified atom stereocenters. The molecule has 72 valence electrons. The quantitative estimate of drug-likeness (QED) is 0.790. The molecule has 0 saturated heterocycles. The van der Waals surface area contributed by atoms with Crippen LogP contribution in [0.3, 0.4) is 0 Å². The maximum absolute atomic E-state index is 11.1. The monoisotopic (exact) mass is 207 g/mol. The Hall–Kier alpha value is -1.49. The minimum absolute atomic E-state index is 0.319. The lowest BCUT2D eigenvalue weighted by Crippen LogP contribution is -2.20. The molecule has 0 bridgehead atoms. The van der Waals surface area contributed by atoms with Gasteiger partial charge >= 0.3 is 0 Å². The Kier molecular flexibility index (Phi) is 2.41. The van der Waals surface area contributed by atoms with Crippen molar-refractivity contribution >= 4 is 23.4 Å². The number of carbonyl (C=O) groups is 1. The first-order valence-electron chi connectivity index (χ1n) is 4.09. The zero-order valence-corrected chi connectivity index (χ0v) is 8.20. The van der Waals surface area contributed by atoms with Gasteiger partial charge in [-0.3, -0.25) is 4.79 Å². The zero-order chi connectivity index (χ0) is 9.97. The van der Waals surface area contributed by atoms with Crippen molar-refractivity contribution in [3.63, 3.8) is 0 Å². The van der Waals surface area contributed by atoms with E-state index >= 15 is 0 Å². The first kappa shape index (κ1) is 9.08. The number of amides is 1. The summed E-state index contributed by atoms with van der Waals surface area (Å²) in [5.74, 6) is 0.303. The van der Waals surface area contributed by atoms with Crippen molar-refractivity contribution in [3.8, 4) is 0 Å². The molecular weight excluding hydrogens is 198 g/mol. The summed E-state index contributed by atoms with van der Waals surface area (Å²) in [5, 5.41) is 1.97. The van der Waals surface area contributed by atoms with Crippen molar-refractivity contribution in [2.24, 2.45) is 5.73 Å². The van der Waals surface area contributed by atoms with Crippen LogP contribution in [0.5, 0.6) is 0 Å². The minimum atomic E-state index is -0.495. The van der Waals surface area contributed by atoms with Gasteiger partial charge in [0.05, 0.1) is 11.6 Å². The Bertz CT molecular complexity index is 391. The van der Waals surface area contributed by atoms with Crippen LogP contribution in [0.1, 0.15) is 10.5 Å². The summed E-state index contributed by atoms with van der Waals surface area (Å²) in [7, 11) is 0. The molecule has 1 aromatic rings. The van der Waals surface area contributed by atoms with Crippen LogP contribution in [0.2, 0.25) is 0 Å². The number of aromatic nitrogens is 1. The normalized spacial score (nSPS) is 14.7. The number of nitrogens with zero attached hydrogens (tertiary/aromatic N) is 2. The van der Waals surface area contributed by atoms with E-state index in [0.717, 1.165) is 11.6 Å². The Morgan fingerprint density at radius 3 is 3.14 bits per heavy atom. The van der Waals surface area contributed by atoms with E-state index in [1.807, 2.05) is 22.6 Å². The molecular formula is C9H9N3OS. The van der Waals surface area contributed by atoms with Gasteiger partial charge in [0, 0.05) is 12.4 Å². The van der Waals surface area contributed by atoms with Crippen LogP contribution in [0, 0.1) is 0 Å². The summed E-state index contributed by atoms with van der Waals surface area (Å²) in [4.78, 5) is 17.0. The van der Waals surface area contributed by atoms with Gasteiger partial charge in [-0.2, -0.15) is 0 Å². The van der Waals surface area contributed by atoms with Crippen LogP contribution < -0.4 is 10.6 Å². The first-order chi connectivity index (χ1) is 6.79. The van der Waals surface area contributed by atoms with Gasteiger partial charge in [-0.15, -0.1) is 11.8 Å². The van der Waals surface area contributed by atoms with E-state index in [2.05, 4.69) is 4.98 Å². The number of rotatable bonds is 2. The lowest BCUT2D eigenvalue weighted by Gasteiger charge is -2.16. The van der Waals surface area contributed by atoms with Gasteiger partial charge in [0.15, 0.2) is 5.69 Å². The van der Waals surface area contributed by atoms with Crippen molar-refractivity contribution < 1.29 is 4.79 Å². The van der Waals surface area contributed by atoms with Crippen molar-refractivity contribution in [3.05, 3.63) is 35.6 Å². The molecule has 14 heavy (non-hydrogen) atoms. The maximum atomic E-state index is 11.1. The highest BCUT2D eigenvalue weighted by molar-refractivity contribution is 8.02. The molecule has 0 aliphatic carbocycles. The highest BCUT2D eigenvalue weighted by Crippen LogP contribution is 2.25. The van der Waals surface area contributed by atoms with E-state index in [0.29, 0.717) is 5.69 Å². The smallest absolute Gasteiger partial charge is 0.269 e. The van der Waals surface area contributed by atoms with E-state index < -0.39 is 5.91 Å². The second kappa shape index (κ2) is 3.71. The summed E-state index contributed by atoms with van der Waals surface area (Å²) in [6.07, 6.45) is 3.48. The molecule has 1 aliphatic heterocycles. The zero-order valence-electron chi connectivity index (χ0n) is 7.38. The highest BCUT2D eigenvalue weighted by atomic mass is 32.2. The highest BCUT2D eigenvalue weighted by Gasteiger charge is 2.15. The van der Waals surface area contributed by atoms with Gasteiger partial charge in [0.2, 0.25) is 0 Å². The number of thioether (sulfide) groups is 1. The molecule has 1 amide bonds. The molecule has 0 radical (unpaired) electrons. The molecule has 5 heteroatoms. The maximum Gasteiger partial charge on any atom is 0.269 e. The van der Waals surface area contributed by atoms with Gasteiger partial charge in [-0.1, -0.05) is 0 Å². The summed E-state index contributed by atoms with van der Waals surface area (Å²) < 4.78 is 0. The van der Waals surface area contributed by atoms with Crippen LogP contribution in [0.15, 0.2) is 29.9 Å². The standard InChI is InChI=1S/C9H9N3OS/c10-9(13)8-7(2-1-3-11-8)12-4-5-14-6-12/h1-5H,6H2,(H2,10,13). The molecule has 0 spiro atoms. The predicted octanol–water partition coefficient (Wildman–Crippen LogP) is 1.16. The van der Waals surface area contributed by atoms with Crippen molar-refractivity contribution in [2.75, 3.05) is 10.8 Å². The fourth-order valence-corrected chi connectivity index (χ4v) is 1.96. The topological polar surface area (TPSA) is 59.2 Å². The summed E-state index contributed by atoms with van der Waals surface area (Å²) >= 11 is 1.66. The predicted molar refractivity (Wildman–Crippen MR) is 56.8 cm³/mol. The lowest BCUT2D eigenvalue weighted by molar-refractivity contribution is 0.0996. The molecule has 1 aromatic heterocycles. The Morgan fingerprint density at radius 2 is 2.50 bits per heavy atom. The Balaban J connectivity index is 2.40. The molecule has 4 nitrogen and oxygen atoms in total. The van der Waals surface area contributed by atoms with Crippen LogP contribution >= 0.6 is 11.8 Å². The molecule has 0 aromatic carbocycles. The number of carbonyl (C=O) groups excluding carboxylic acids is 1. The molecule has 2 N–H and O–H groups in total. The van der Waals surface area contributed by atoms with Gasteiger partial charge in [-0.25, -0.2) is 4.98 Å². The molecule has 2 heterocycles. The van der Waals surface area contributed by atoms with Gasteiger partial charge in [0.25, 0.3) is 5.91 Å². The number of hydrogen-bond donors (Lipinski definition) is 1. The van der Waals surface area contributed by atoms with Crippen molar-refractivity contribution in [2.45, 2.75) is 0 Å². The van der Waals surface area contributed by atoms with E-state index in [9.17, 15) is 4.79 Å². The third-order valence-electron chi connectivity index (χ3n) is 1.88. The van der Waals surface area contributed by atoms with Crippen LogP contribution in [-0.4, -0.2) is 16.8 Å². The largest absolute Gasteiger partial charge is 0.364 e. The minimum Gasteiger partial charge on any atom is -0.364 e. The number of pyridine rings is 1. The SMILES string of the molecule is NC(=O)c1ncccc1N1C=CSC1. The number of nitrogens with two attached hydrogens (primary N) is 1. The van der Waals surface area contributed by atoms with Crippen LogP contribution in [0.25, 0.3) is 0 Å². The first-order valence-corrected chi connectivity index (χ1v) is 5.13. The fraction of sp³-hybridized carbons (Fsp3) is 0.111. The van der Waals surface area contributed by atoms with E-state index in [4.69, 9.17) is 5.73 Å². The lowest BCUT2D eigenvalue weighted by atomic mass is 10.2. The molecule has 0 fully saturated rings. The number of hydrogen-bond acceptors (Lipinski definition) is 4. The van der Waals surface area contributed by atoms with Crippen LogP contribution in [-0.2, 0) is 0 Å². The fourth-order valence-electron chi connectivity index (χ4n) is 1.25. The third-order valence-corrected chi connectivity index (χ3v) is 2.62. The van der Waals surface area contributed by atoms with Gasteiger partial charge in [-0.05, 0) is 17.5 Å². The number of primary amides is 1. The second-order valence-corrected chi connectivity index (χ2v) is 3.65. The summed E-state index contributed by atoms with van der Waals surface area (Å²) in [6.45, 7) is 0. The average Bonchev–Trinajstić information content (AvgIpc) is 2.70. The Morgan fingerprint density at radius 1 is 1.64 bits per heavy atom. The van der Waals surface area contributed by atoms with Gasteiger partial charge in [0.1, 0.15) is 0 Å². The number of anilines is 1. The molecule has 2 rings (SSSR count). The van der Waals surface area contributed by atoms with Crippen molar-refractivity contribution in [1.29, 1.82) is 0 Å². The van der Waals surface area contributed by atoms with E-state index in [1.165, 1.54) is 0 Å². The Labute approximate surface area is 85.8 Å². The summed E-state index contributed by atoms with van der Waals surface area (Å²) in [5.41, 5.74) is 6.31. The molecule has 0 saturated carbocycles. The van der Waals surface area contributed by atoms with Crippen LogP contribution in [0.4, 0.5) is 5.69 Å². The summed E-state index contributed by atoms with van der Waals surface area (Å²) in [6, 6.07) is 3.63. The third kappa shape index (κ3) is 1.58. The molecule has 0 atom stereocenters. The average molecular weight is 207 g/mol. The second-order valence-electron chi connectivity index (χ2n) is 2.79.